The van der Waals surface area contributed by atoms with Crippen LogP contribution in [0.25, 0.3) is 0 Å². The molecule has 2 aromatic heterocycles. The van der Waals surface area contributed by atoms with Crippen LogP contribution in [0, 0.1) is 0 Å². The van der Waals surface area contributed by atoms with Gasteiger partial charge in [-0.3, -0.25) is 9.78 Å². The van der Waals surface area contributed by atoms with Gasteiger partial charge in [0.25, 0.3) is 5.91 Å². The minimum Gasteiger partial charge on any atom is -0.457 e. The molecule has 2 aromatic carbocycles. The molecule has 7 nitrogen and oxygen atoms in total. The van der Waals surface area contributed by atoms with Crippen molar-refractivity contribution in [1.82, 2.24) is 15.0 Å². The van der Waals surface area contributed by atoms with Crippen molar-refractivity contribution in [3.05, 3.63) is 97.1 Å². The Hall–Kier alpha value is -4.26. The van der Waals surface area contributed by atoms with E-state index in [0.717, 1.165) is 0 Å². The van der Waals surface area contributed by atoms with Crippen molar-refractivity contribution in [3.63, 3.8) is 0 Å². The number of amides is 1. The quantitative estimate of drug-likeness (QED) is 0.518. The molecule has 1 N–H and O–H groups in total. The molecule has 0 saturated heterocycles. The predicted molar refractivity (Wildman–Crippen MR) is 107 cm³/mol. The number of pyridine rings is 1. The first-order valence-electron chi connectivity index (χ1n) is 8.80. The third kappa shape index (κ3) is 4.92. The molecule has 0 unspecified atom stereocenters. The summed E-state index contributed by atoms with van der Waals surface area (Å²) < 4.78 is 11.2. The second kappa shape index (κ2) is 8.62. The Kier molecular flexibility index (Phi) is 5.39. The lowest BCUT2D eigenvalue weighted by Crippen LogP contribution is -2.11. The second-order valence-electron chi connectivity index (χ2n) is 5.92. The van der Waals surface area contributed by atoms with Crippen molar-refractivity contribution in [2.75, 3.05) is 5.32 Å². The topological polar surface area (TPSA) is 86.2 Å². The van der Waals surface area contributed by atoms with Crippen LogP contribution in [0.15, 0.2) is 91.5 Å². The highest BCUT2D eigenvalue weighted by atomic mass is 16.5. The molecule has 0 spiro atoms. The summed E-state index contributed by atoms with van der Waals surface area (Å²) in [7, 11) is 0. The molecule has 4 rings (SSSR count). The summed E-state index contributed by atoms with van der Waals surface area (Å²) in [4.78, 5) is 24.4. The van der Waals surface area contributed by atoms with Crippen LogP contribution < -0.4 is 14.8 Å². The molecule has 0 aliphatic rings. The number of carbonyl (C=O) groups excluding carboxylic acids is 1. The van der Waals surface area contributed by atoms with E-state index < -0.39 is 0 Å². The van der Waals surface area contributed by atoms with Gasteiger partial charge in [-0.2, -0.15) is 0 Å². The number of hydrogen-bond acceptors (Lipinski definition) is 6. The zero-order valence-corrected chi connectivity index (χ0v) is 15.2. The van der Waals surface area contributed by atoms with Crippen LogP contribution in [0.4, 0.5) is 5.69 Å². The molecular weight excluding hydrogens is 368 g/mol. The van der Waals surface area contributed by atoms with E-state index in [9.17, 15) is 4.79 Å². The summed E-state index contributed by atoms with van der Waals surface area (Å²) in [5.74, 6) is 1.67. The number of aromatic nitrogens is 3. The van der Waals surface area contributed by atoms with Gasteiger partial charge in [-0.25, -0.2) is 9.97 Å². The molecule has 0 fully saturated rings. The fourth-order valence-electron chi connectivity index (χ4n) is 2.47. The van der Waals surface area contributed by atoms with Crippen LogP contribution in [0.3, 0.4) is 0 Å². The Morgan fingerprint density at radius 3 is 1.97 bits per heavy atom. The van der Waals surface area contributed by atoms with Gasteiger partial charge in [0.05, 0.1) is 0 Å². The minimum atomic E-state index is -0.222. The number of nitrogens with one attached hydrogen (secondary N) is 1. The molecule has 2 heterocycles. The number of carbonyl (C=O) groups is 1. The summed E-state index contributed by atoms with van der Waals surface area (Å²) in [5, 5.41) is 2.84. The maximum atomic E-state index is 12.4. The predicted octanol–water partition coefficient (Wildman–Crippen LogP) is 4.71. The number of nitrogens with zero attached hydrogens (tertiary/aromatic N) is 3. The average Bonchev–Trinajstić information content (AvgIpc) is 2.77. The summed E-state index contributed by atoms with van der Waals surface area (Å²) >= 11 is 0. The summed E-state index contributed by atoms with van der Waals surface area (Å²) in [6.07, 6.45) is 6.51. The zero-order chi connectivity index (χ0) is 19.9. The maximum absolute atomic E-state index is 12.4. The van der Waals surface area contributed by atoms with Gasteiger partial charge in [-0.1, -0.05) is 0 Å². The van der Waals surface area contributed by atoms with Crippen molar-refractivity contribution >= 4 is 11.6 Å². The first kappa shape index (κ1) is 18.1. The largest absolute Gasteiger partial charge is 0.457 e. The number of benzene rings is 2. The van der Waals surface area contributed by atoms with Crippen LogP contribution >= 0.6 is 0 Å². The number of rotatable bonds is 6. The fraction of sp³-hybridized carbons (Fsp3) is 0. The summed E-state index contributed by atoms with van der Waals surface area (Å²) in [6.45, 7) is 0. The van der Waals surface area contributed by atoms with Crippen molar-refractivity contribution in [1.29, 1.82) is 0 Å². The highest BCUT2D eigenvalue weighted by molar-refractivity contribution is 6.04. The Balaban J connectivity index is 1.36. The molecule has 29 heavy (non-hydrogen) atoms. The molecule has 7 heteroatoms. The number of hydrogen-bond donors (Lipinski definition) is 1. The third-order valence-corrected chi connectivity index (χ3v) is 3.87. The Bertz CT molecular complexity index is 1070. The average molecular weight is 384 g/mol. The lowest BCUT2D eigenvalue weighted by atomic mass is 10.2. The van der Waals surface area contributed by atoms with E-state index in [2.05, 4.69) is 20.3 Å². The first-order valence-corrected chi connectivity index (χ1v) is 8.80. The van der Waals surface area contributed by atoms with E-state index in [1.165, 1.54) is 0 Å². The molecule has 142 valence electrons. The van der Waals surface area contributed by atoms with Crippen LogP contribution in [-0.2, 0) is 0 Å². The van der Waals surface area contributed by atoms with Crippen LogP contribution in [0.5, 0.6) is 23.3 Å². The van der Waals surface area contributed by atoms with Crippen molar-refractivity contribution < 1.29 is 14.3 Å². The van der Waals surface area contributed by atoms with Crippen molar-refractivity contribution in [2.24, 2.45) is 0 Å². The molecule has 0 saturated carbocycles. The Morgan fingerprint density at radius 1 is 0.690 bits per heavy atom. The van der Waals surface area contributed by atoms with Gasteiger partial charge < -0.3 is 14.8 Å². The lowest BCUT2D eigenvalue weighted by Gasteiger charge is -2.08. The van der Waals surface area contributed by atoms with Gasteiger partial charge in [0.2, 0.25) is 0 Å². The summed E-state index contributed by atoms with van der Waals surface area (Å²) in [6, 6.07) is 19.4. The third-order valence-electron chi connectivity index (χ3n) is 3.87. The van der Waals surface area contributed by atoms with Gasteiger partial charge in [-0.05, 0) is 66.7 Å². The van der Waals surface area contributed by atoms with Crippen LogP contribution in [0.1, 0.15) is 10.4 Å². The molecular formula is C22H16N4O3. The SMILES string of the molecule is O=C(Nc1ccc(Oc2ncccn2)cc1)c1ccc(Oc2ccncc2)cc1. The zero-order valence-electron chi connectivity index (χ0n) is 15.2. The maximum Gasteiger partial charge on any atom is 0.321 e. The first-order chi connectivity index (χ1) is 14.3. The number of ether oxygens (including phenoxy) is 2. The highest BCUT2D eigenvalue weighted by Crippen LogP contribution is 2.22. The van der Waals surface area contributed by atoms with Gasteiger partial charge >= 0.3 is 6.01 Å². The standard InChI is InChI=1S/C22H16N4O3/c27-21(16-2-6-18(7-3-16)28-20-10-14-23-15-11-20)26-17-4-8-19(9-5-17)29-22-24-12-1-13-25-22/h1-15H,(H,26,27). The molecule has 0 aliphatic heterocycles. The van der Waals surface area contributed by atoms with Crippen molar-refractivity contribution in [3.8, 4) is 23.3 Å². The van der Waals surface area contributed by atoms with Gasteiger partial charge in [-0.15, -0.1) is 0 Å². The second-order valence-corrected chi connectivity index (χ2v) is 5.92. The lowest BCUT2D eigenvalue weighted by molar-refractivity contribution is 0.102. The van der Waals surface area contributed by atoms with Gasteiger partial charge in [0, 0.05) is 36.0 Å². The molecule has 0 atom stereocenters. The van der Waals surface area contributed by atoms with Gasteiger partial charge in [0.15, 0.2) is 0 Å². The van der Waals surface area contributed by atoms with E-state index in [0.29, 0.717) is 28.5 Å². The smallest absolute Gasteiger partial charge is 0.321 e. The molecule has 1 amide bonds. The van der Waals surface area contributed by atoms with Crippen LogP contribution in [0.2, 0.25) is 0 Å². The molecule has 0 radical (unpaired) electrons. The van der Waals surface area contributed by atoms with Crippen LogP contribution in [-0.4, -0.2) is 20.9 Å². The van der Waals surface area contributed by atoms with E-state index >= 15 is 0 Å². The Labute approximate surface area is 167 Å². The Morgan fingerprint density at radius 2 is 1.28 bits per heavy atom. The molecule has 4 aromatic rings. The molecule has 0 aliphatic carbocycles. The molecule has 0 bridgehead atoms. The monoisotopic (exact) mass is 384 g/mol. The normalized spacial score (nSPS) is 10.2. The van der Waals surface area contributed by atoms with E-state index in [4.69, 9.17) is 9.47 Å². The number of anilines is 1. The van der Waals surface area contributed by atoms with E-state index in [-0.39, 0.29) is 11.9 Å². The van der Waals surface area contributed by atoms with E-state index in [1.54, 1.807) is 91.5 Å². The minimum absolute atomic E-state index is 0.222. The summed E-state index contributed by atoms with van der Waals surface area (Å²) in [5.41, 5.74) is 1.17. The van der Waals surface area contributed by atoms with E-state index in [1.807, 2.05) is 0 Å². The van der Waals surface area contributed by atoms with Crippen molar-refractivity contribution in [2.45, 2.75) is 0 Å². The highest BCUT2D eigenvalue weighted by Gasteiger charge is 2.07. The van der Waals surface area contributed by atoms with Gasteiger partial charge in [0.1, 0.15) is 17.2 Å². The fourth-order valence-corrected chi connectivity index (χ4v) is 2.47.